The first-order chi connectivity index (χ1) is 13.6. The number of hydrogen-bond acceptors (Lipinski definition) is 4. The van der Waals surface area contributed by atoms with Crippen LogP contribution in [0.1, 0.15) is 5.56 Å². The molecule has 0 radical (unpaired) electrons. The third-order valence-corrected chi connectivity index (χ3v) is 5.63. The number of carbonyl (C=O) groups is 2. The molecule has 1 atom stereocenters. The lowest BCUT2D eigenvalue weighted by molar-refractivity contribution is -0.308. The van der Waals surface area contributed by atoms with Gasteiger partial charge in [0.25, 0.3) is 0 Å². The Bertz CT molecular complexity index is 978. The van der Waals surface area contributed by atoms with Gasteiger partial charge in [0.15, 0.2) is 0 Å². The number of carboxylic acid groups (broad SMARTS) is 1. The molecule has 1 aliphatic heterocycles. The highest BCUT2D eigenvalue weighted by molar-refractivity contribution is 7.99. The van der Waals surface area contributed by atoms with Crippen LogP contribution in [-0.2, 0) is 11.2 Å². The molecule has 0 unspecified atom stereocenters. The van der Waals surface area contributed by atoms with Crippen LogP contribution in [0.5, 0.6) is 0 Å². The minimum Gasteiger partial charge on any atom is -0.548 e. The molecule has 4 rings (SSSR count). The van der Waals surface area contributed by atoms with Gasteiger partial charge in [-0.25, -0.2) is 4.79 Å². The van der Waals surface area contributed by atoms with Crippen LogP contribution >= 0.6 is 11.8 Å². The fourth-order valence-corrected chi connectivity index (χ4v) is 4.24. The molecule has 5 nitrogen and oxygen atoms in total. The number of urea groups is 1. The van der Waals surface area contributed by atoms with E-state index < -0.39 is 18.0 Å². The molecule has 2 amide bonds. The number of benzene rings is 3. The molecule has 0 saturated heterocycles. The van der Waals surface area contributed by atoms with Gasteiger partial charge in [-0.05, 0) is 36.2 Å². The summed E-state index contributed by atoms with van der Waals surface area (Å²) in [4.78, 5) is 28.2. The van der Waals surface area contributed by atoms with Gasteiger partial charge in [0, 0.05) is 9.79 Å². The van der Waals surface area contributed by atoms with Gasteiger partial charge in [-0.2, -0.15) is 0 Å². The van der Waals surface area contributed by atoms with Gasteiger partial charge < -0.3 is 15.2 Å². The van der Waals surface area contributed by atoms with Crippen molar-refractivity contribution in [3.8, 4) is 0 Å². The van der Waals surface area contributed by atoms with Gasteiger partial charge in [-0.15, -0.1) is 0 Å². The fourth-order valence-electron chi connectivity index (χ4n) is 3.18. The second-order valence-electron chi connectivity index (χ2n) is 6.38. The second-order valence-corrected chi connectivity index (χ2v) is 7.47. The van der Waals surface area contributed by atoms with Gasteiger partial charge in [-0.1, -0.05) is 66.4 Å². The topological polar surface area (TPSA) is 72.5 Å². The van der Waals surface area contributed by atoms with Crippen molar-refractivity contribution in [2.45, 2.75) is 22.3 Å². The number of anilines is 2. The lowest BCUT2D eigenvalue weighted by Gasteiger charge is -2.32. The molecule has 0 fully saturated rings. The summed E-state index contributed by atoms with van der Waals surface area (Å²) in [5, 5.41) is 14.3. The Hall–Kier alpha value is -3.25. The molecule has 1 aliphatic rings. The van der Waals surface area contributed by atoms with Crippen LogP contribution in [0.4, 0.5) is 16.2 Å². The Morgan fingerprint density at radius 2 is 1.39 bits per heavy atom. The third kappa shape index (κ3) is 3.59. The van der Waals surface area contributed by atoms with Crippen molar-refractivity contribution >= 4 is 35.1 Å². The molecule has 0 saturated carbocycles. The average molecular weight is 389 g/mol. The molecule has 140 valence electrons. The Labute approximate surface area is 167 Å². The minimum atomic E-state index is -1.31. The predicted octanol–water partition coefficient (Wildman–Crippen LogP) is 3.36. The number of amides is 2. The SMILES string of the molecule is O=C([O-])[C@@H](Cc1ccccc1)NC(=O)N1c2ccccc2Sc2ccccc21. The van der Waals surface area contributed by atoms with E-state index in [9.17, 15) is 14.7 Å². The molecule has 0 aliphatic carbocycles. The first-order valence-corrected chi connectivity index (χ1v) is 9.66. The van der Waals surface area contributed by atoms with Gasteiger partial charge >= 0.3 is 6.03 Å². The Morgan fingerprint density at radius 3 is 1.96 bits per heavy atom. The standard InChI is InChI=1S/C22H18N2O3S/c25-21(26)16(14-15-8-2-1-3-9-15)23-22(27)24-17-10-4-6-12-19(17)28-20-13-7-5-11-18(20)24/h1-13,16H,14H2,(H,23,27)(H,25,26)/p-1/t16-/m1/s1. The van der Waals surface area contributed by atoms with Crippen molar-refractivity contribution < 1.29 is 14.7 Å². The van der Waals surface area contributed by atoms with Crippen LogP contribution in [0.3, 0.4) is 0 Å². The molecule has 0 spiro atoms. The van der Waals surface area contributed by atoms with E-state index >= 15 is 0 Å². The van der Waals surface area contributed by atoms with E-state index in [1.807, 2.05) is 78.9 Å². The highest BCUT2D eigenvalue weighted by Gasteiger charge is 2.29. The number of carbonyl (C=O) groups excluding carboxylic acids is 2. The van der Waals surface area contributed by atoms with Gasteiger partial charge in [-0.3, -0.25) is 4.90 Å². The number of aliphatic carboxylic acids is 1. The van der Waals surface area contributed by atoms with Crippen molar-refractivity contribution in [3.63, 3.8) is 0 Å². The summed E-state index contributed by atoms with van der Waals surface area (Å²) in [6.07, 6.45) is 0.154. The van der Waals surface area contributed by atoms with Crippen LogP contribution in [-0.4, -0.2) is 18.0 Å². The molecule has 6 heteroatoms. The highest BCUT2D eigenvalue weighted by Crippen LogP contribution is 2.47. The molecule has 3 aromatic rings. The summed E-state index contributed by atoms with van der Waals surface area (Å²) in [7, 11) is 0. The average Bonchev–Trinajstić information content (AvgIpc) is 2.72. The van der Waals surface area contributed by atoms with Crippen molar-refractivity contribution in [3.05, 3.63) is 84.4 Å². The van der Waals surface area contributed by atoms with E-state index in [4.69, 9.17) is 0 Å². The van der Waals surface area contributed by atoms with Gasteiger partial charge in [0.2, 0.25) is 0 Å². The lowest BCUT2D eigenvalue weighted by Crippen LogP contribution is -2.52. The van der Waals surface area contributed by atoms with Crippen LogP contribution in [0.15, 0.2) is 88.7 Å². The van der Waals surface area contributed by atoms with Crippen LogP contribution in [0.25, 0.3) is 0 Å². The number of fused-ring (bicyclic) bond motifs is 2. The smallest absolute Gasteiger partial charge is 0.327 e. The summed E-state index contributed by atoms with van der Waals surface area (Å²) >= 11 is 1.58. The third-order valence-electron chi connectivity index (χ3n) is 4.50. The minimum absolute atomic E-state index is 0.154. The van der Waals surface area contributed by atoms with Crippen molar-refractivity contribution in [2.24, 2.45) is 0 Å². The maximum atomic E-state index is 13.1. The van der Waals surface area contributed by atoms with E-state index in [0.29, 0.717) is 0 Å². The number of nitrogens with zero attached hydrogens (tertiary/aromatic N) is 1. The Kier molecular flexibility index (Phi) is 5.04. The number of rotatable bonds is 4. The van der Waals surface area contributed by atoms with E-state index in [1.54, 1.807) is 11.8 Å². The largest absolute Gasteiger partial charge is 0.548 e. The molecule has 28 heavy (non-hydrogen) atoms. The molecule has 0 aromatic heterocycles. The molecular formula is C22H17N2O3S-. The van der Waals surface area contributed by atoms with E-state index in [2.05, 4.69) is 5.32 Å². The molecule has 0 bridgehead atoms. The Morgan fingerprint density at radius 1 is 0.857 bits per heavy atom. The molecule has 1 heterocycles. The maximum absolute atomic E-state index is 13.1. The molecular weight excluding hydrogens is 372 g/mol. The number of hydrogen-bond donors (Lipinski definition) is 1. The first-order valence-electron chi connectivity index (χ1n) is 8.85. The zero-order chi connectivity index (χ0) is 19.5. The summed E-state index contributed by atoms with van der Waals surface area (Å²) in [5.74, 6) is -1.31. The van der Waals surface area contributed by atoms with Gasteiger partial charge in [0.1, 0.15) is 0 Å². The van der Waals surface area contributed by atoms with E-state index in [-0.39, 0.29) is 6.42 Å². The summed E-state index contributed by atoms with van der Waals surface area (Å²) in [5.41, 5.74) is 2.26. The van der Waals surface area contributed by atoms with Crippen molar-refractivity contribution in [1.29, 1.82) is 0 Å². The van der Waals surface area contributed by atoms with E-state index in [0.717, 1.165) is 26.7 Å². The number of nitrogens with one attached hydrogen (secondary N) is 1. The maximum Gasteiger partial charge on any atom is 0.327 e. The highest BCUT2D eigenvalue weighted by atomic mass is 32.2. The summed E-state index contributed by atoms with van der Waals surface area (Å²) in [6.45, 7) is 0. The van der Waals surface area contributed by atoms with E-state index in [1.165, 1.54) is 4.90 Å². The zero-order valence-electron chi connectivity index (χ0n) is 14.9. The second kappa shape index (κ2) is 7.78. The zero-order valence-corrected chi connectivity index (χ0v) is 15.7. The fraction of sp³-hybridized carbons (Fsp3) is 0.0909. The van der Waals surface area contributed by atoms with Crippen LogP contribution in [0.2, 0.25) is 0 Å². The molecule has 3 aromatic carbocycles. The quantitative estimate of drug-likeness (QED) is 0.743. The van der Waals surface area contributed by atoms with Crippen molar-refractivity contribution in [2.75, 3.05) is 4.90 Å². The monoisotopic (exact) mass is 389 g/mol. The normalized spacial score (nSPS) is 13.2. The molecule has 1 N–H and O–H groups in total. The predicted molar refractivity (Wildman–Crippen MR) is 107 cm³/mol. The van der Waals surface area contributed by atoms with Crippen LogP contribution < -0.4 is 15.3 Å². The van der Waals surface area contributed by atoms with Crippen LogP contribution in [0, 0.1) is 0 Å². The lowest BCUT2D eigenvalue weighted by atomic mass is 10.1. The Balaban J connectivity index is 1.64. The summed E-state index contributed by atoms with van der Waals surface area (Å²) in [6, 6.07) is 22.7. The van der Waals surface area contributed by atoms with Crippen molar-refractivity contribution in [1.82, 2.24) is 5.32 Å². The number of carboxylic acids is 1. The number of para-hydroxylation sites is 2. The first kappa shape index (κ1) is 18.1. The van der Waals surface area contributed by atoms with Gasteiger partial charge in [0.05, 0.1) is 23.4 Å². The summed E-state index contributed by atoms with van der Waals surface area (Å²) < 4.78 is 0.